The number of methoxy groups -OCH3 is 1. The summed E-state index contributed by atoms with van der Waals surface area (Å²) in [5.74, 6) is 1.43. The van der Waals surface area contributed by atoms with Crippen LogP contribution in [0.25, 0.3) is 0 Å². The lowest BCUT2D eigenvalue weighted by atomic mass is 10.3. The Kier molecular flexibility index (Phi) is 6.12. The van der Waals surface area contributed by atoms with Crippen molar-refractivity contribution in [2.45, 2.75) is 0 Å². The second kappa shape index (κ2) is 8.91. The van der Waals surface area contributed by atoms with Gasteiger partial charge in [0.25, 0.3) is 5.91 Å². The highest BCUT2D eigenvalue weighted by Crippen LogP contribution is 2.25. The van der Waals surface area contributed by atoms with Gasteiger partial charge in [-0.15, -0.1) is 0 Å². The zero-order valence-electron chi connectivity index (χ0n) is 14.6. The molecule has 6 nitrogen and oxygen atoms in total. The number of anilines is 3. The van der Waals surface area contributed by atoms with E-state index in [1.807, 2.05) is 24.3 Å². The van der Waals surface area contributed by atoms with Crippen molar-refractivity contribution < 1.29 is 14.3 Å². The monoisotopic (exact) mass is 383 g/mol. The molecule has 2 aromatic carbocycles. The zero-order chi connectivity index (χ0) is 19.1. The second-order valence-corrected chi connectivity index (χ2v) is 5.99. The maximum atomic E-state index is 12.1. The highest BCUT2D eigenvalue weighted by atomic mass is 35.5. The number of aromatic nitrogens is 1. The molecule has 0 unspecified atom stereocenters. The number of carbonyl (C=O) groups excluding carboxylic acids is 1. The first-order valence-corrected chi connectivity index (χ1v) is 8.56. The van der Waals surface area contributed by atoms with Crippen LogP contribution in [0.15, 0.2) is 66.9 Å². The Morgan fingerprint density at radius 3 is 2.56 bits per heavy atom. The van der Waals surface area contributed by atoms with Crippen LogP contribution in [0.4, 0.5) is 17.2 Å². The standard InChI is InChI=1S/C20H18ClN3O3/c1-26-17-7-2-3-8-18(17)27-13-20(25)24-16-9-10-19(22-12-16)23-15-6-4-5-14(21)11-15/h2-12H,13H2,1H3,(H,22,23)(H,24,25). The Bertz CT molecular complexity index is 916. The number of hydrogen-bond acceptors (Lipinski definition) is 5. The normalized spacial score (nSPS) is 10.1. The van der Waals surface area contributed by atoms with Crippen molar-refractivity contribution in [3.63, 3.8) is 0 Å². The van der Waals surface area contributed by atoms with Gasteiger partial charge in [-0.25, -0.2) is 4.98 Å². The van der Waals surface area contributed by atoms with Gasteiger partial charge in [-0.1, -0.05) is 29.8 Å². The van der Waals surface area contributed by atoms with Crippen molar-refractivity contribution in [3.8, 4) is 11.5 Å². The van der Waals surface area contributed by atoms with Crippen LogP contribution in [0.2, 0.25) is 5.02 Å². The van der Waals surface area contributed by atoms with E-state index in [0.717, 1.165) is 5.69 Å². The van der Waals surface area contributed by atoms with Crippen molar-refractivity contribution in [2.24, 2.45) is 0 Å². The van der Waals surface area contributed by atoms with Crippen LogP contribution in [0.3, 0.4) is 0 Å². The first kappa shape index (κ1) is 18.5. The number of carbonyl (C=O) groups is 1. The van der Waals surface area contributed by atoms with Gasteiger partial charge in [0.05, 0.1) is 19.0 Å². The average Bonchev–Trinajstić information content (AvgIpc) is 2.68. The first-order chi connectivity index (χ1) is 13.1. The third-order valence-corrected chi connectivity index (χ3v) is 3.81. The van der Waals surface area contributed by atoms with Gasteiger partial charge in [0, 0.05) is 10.7 Å². The van der Waals surface area contributed by atoms with Gasteiger partial charge in [-0.2, -0.15) is 0 Å². The summed E-state index contributed by atoms with van der Waals surface area (Å²) in [4.78, 5) is 16.3. The Labute approximate surface area is 162 Å². The molecule has 3 aromatic rings. The number of para-hydroxylation sites is 2. The van der Waals surface area contributed by atoms with Crippen LogP contribution in [0, 0.1) is 0 Å². The minimum atomic E-state index is -0.293. The average molecular weight is 384 g/mol. The molecule has 1 aromatic heterocycles. The quantitative estimate of drug-likeness (QED) is 0.628. The summed E-state index contributed by atoms with van der Waals surface area (Å²) in [6.07, 6.45) is 1.56. The fourth-order valence-electron chi connectivity index (χ4n) is 2.33. The fourth-order valence-corrected chi connectivity index (χ4v) is 2.52. The number of halogens is 1. The first-order valence-electron chi connectivity index (χ1n) is 8.18. The molecule has 0 aliphatic rings. The van der Waals surface area contributed by atoms with Gasteiger partial charge >= 0.3 is 0 Å². The van der Waals surface area contributed by atoms with E-state index in [2.05, 4.69) is 15.6 Å². The van der Waals surface area contributed by atoms with Crippen LogP contribution < -0.4 is 20.1 Å². The molecule has 0 radical (unpaired) electrons. The minimum Gasteiger partial charge on any atom is -0.493 e. The summed E-state index contributed by atoms with van der Waals surface area (Å²) in [6, 6.07) is 18.0. The molecule has 0 fully saturated rings. The Morgan fingerprint density at radius 1 is 1.04 bits per heavy atom. The van der Waals surface area contributed by atoms with Crippen LogP contribution in [0.1, 0.15) is 0 Å². The molecular formula is C20H18ClN3O3. The predicted octanol–water partition coefficient (Wildman–Crippen LogP) is 4.50. The molecule has 3 rings (SSSR count). The van der Waals surface area contributed by atoms with Crippen LogP contribution >= 0.6 is 11.6 Å². The minimum absolute atomic E-state index is 0.136. The highest BCUT2D eigenvalue weighted by molar-refractivity contribution is 6.30. The summed E-state index contributed by atoms with van der Waals surface area (Å²) in [5, 5.41) is 6.51. The van der Waals surface area contributed by atoms with Crippen LogP contribution in [-0.2, 0) is 4.79 Å². The molecule has 2 N–H and O–H groups in total. The van der Waals surface area contributed by atoms with Gasteiger partial charge in [-0.3, -0.25) is 4.79 Å². The maximum Gasteiger partial charge on any atom is 0.262 e. The van der Waals surface area contributed by atoms with Crippen LogP contribution in [0.5, 0.6) is 11.5 Å². The molecule has 0 atom stereocenters. The number of pyridine rings is 1. The van der Waals surface area contributed by atoms with Crippen LogP contribution in [-0.4, -0.2) is 24.6 Å². The smallest absolute Gasteiger partial charge is 0.262 e. The van der Waals surface area contributed by atoms with E-state index in [-0.39, 0.29) is 12.5 Å². The largest absolute Gasteiger partial charge is 0.493 e. The van der Waals surface area contributed by atoms with E-state index in [4.69, 9.17) is 21.1 Å². The molecule has 1 amide bonds. The lowest BCUT2D eigenvalue weighted by Gasteiger charge is -2.11. The molecule has 27 heavy (non-hydrogen) atoms. The Balaban J connectivity index is 1.54. The number of rotatable bonds is 7. The SMILES string of the molecule is COc1ccccc1OCC(=O)Nc1ccc(Nc2cccc(Cl)c2)nc1. The summed E-state index contributed by atoms with van der Waals surface area (Å²) < 4.78 is 10.7. The summed E-state index contributed by atoms with van der Waals surface area (Å²) in [5.41, 5.74) is 1.40. The molecule has 0 aliphatic carbocycles. The van der Waals surface area contributed by atoms with E-state index in [1.165, 1.54) is 0 Å². The summed E-state index contributed by atoms with van der Waals surface area (Å²) >= 11 is 5.96. The Morgan fingerprint density at radius 2 is 1.85 bits per heavy atom. The van der Waals surface area contributed by atoms with E-state index < -0.39 is 0 Å². The number of hydrogen-bond donors (Lipinski definition) is 2. The fraction of sp³-hybridized carbons (Fsp3) is 0.100. The number of nitrogens with zero attached hydrogens (tertiary/aromatic N) is 1. The molecule has 138 valence electrons. The van der Waals surface area contributed by atoms with Crippen molar-refractivity contribution in [1.82, 2.24) is 4.98 Å². The van der Waals surface area contributed by atoms with E-state index in [1.54, 1.807) is 49.7 Å². The lowest BCUT2D eigenvalue weighted by Crippen LogP contribution is -2.20. The third-order valence-electron chi connectivity index (χ3n) is 3.57. The number of benzene rings is 2. The molecule has 0 saturated carbocycles. The lowest BCUT2D eigenvalue weighted by molar-refractivity contribution is -0.118. The van der Waals surface area contributed by atoms with Crippen molar-refractivity contribution in [1.29, 1.82) is 0 Å². The molecular weight excluding hydrogens is 366 g/mol. The van der Waals surface area contributed by atoms with Gasteiger partial charge in [-0.05, 0) is 42.5 Å². The predicted molar refractivity (Wildman–Crippen MR) is 106 cm³/mol. The molecule has 1 heterocycles. The number of amides is 1. The molecule has 0 saturated heterocycles. The van der Waals surface area contributed by atoms with Gasteiger partial charge in [0.2, 0.25) is 0 Å². The number of ether oxygens (including phenoxy) is 2. The van der Waals surface area contributed by atoms with Gasteiger partial charge in [0.15, 0.2) is 18.1 Å². The molecule has 7 heteroatoms. The van der Waals surface area contributed by atoms with Gasteiger partial charge in [0.1, 0.15) is 5.82 Å². The molecule has 0 aliphatic heterocycles. The summed E-state index contributed by atoms with van der Waals surface area (Å²) in [6.45, 7) is -0.136. The Hall–Kier alpha value is -3.25. The van der Waals surface area contributed by atoms with Crippen molar-refractivity contribution in [2.75, 3.05) is 24.4 Å². The van der Waals surface area contributed by atoms with Gasteiger partial charge < -0.3 is 20.1 Å². The van der Waals surface area contributed by atoms with E-state index in [9.17, 15) is 4.79 Å². The second-order valence-electron chi connectivity index (χ2n) is 5.56. The van der Waals surface area contributed by atoms with Crippen molar-refractivity contribution in [3.05, 3.63) is 71.9 Å². The van der Waals surface area contributed by atoms with Crippen molar-refractivity contribution >= 4 is 34.7 Å². The zero-order valence-corrected chi connectivity index (χ0v) is 15.4. The summed E-state index contributed by atoms with van der Waals surface area (Å²) in [7, 11) is 1.55. The highest BCUT2D eigenvalue weighted by Gasteiger charge is 2.07. The number of nitrogens with one attached hydrogen (secondary N) is 2. The third kappa shape index (κ3) is 5.36. The van der Waals surface area contributed by atoms with E-state index >= 15 is 0 Å². The van der Waals surface area contributed by atoms with E-state index in [0.29, 0.717) is 28.0 Å². The topological polar surface area (TPSA) is 72.5 Å². The maximum absolute atomic E-state index is 12.1. The molecule has 0 bridgehead atoms. The molecule has 0 spiro atoms.